The van der Waals surface area contributed by atoms with Crippen molar-refractivity contribution in [2.75, 3.05) is 31.5 Å². The van der Waals surface area contributed by atoms with E-state index in [1.165, 1.54) is 6.26 Å². The average Bonchev–Trinajstić information content (AvgIpc) is 3.17. The number of nitrogens with one attached hydrogen (secondary N) is 1. The third kappa shape index (κ3) is 4.00. The fraction of sp³-hybridized carbons (Fsp3) is 0.353. The molecule has 25 heavy (non-hydrogen) atoms. The van der Waals surface area contributed by atoms with Gasteiger partial charge in [0.2, 0.25) is 5.91 Å². The zero-order valence-corrected chi connectivity index (χ0v) is 14.6. The van der Waals surface area contributed by atoms with Crippen LogP contribution in [-0.2, 0) is 4.79 Å². The Kier molecular flexibility index (Phi) is 5.35. The van der Waals surface area contributed by atoms with Crippen LogP contribution in [0, 0.1) is 0 Å². The van der Waals surface area contributed by atoms with Crippen molar-refractivity contribution in [2.45, 2.75) is 13.0 Å². The number of piperazine rings is 1. The second kappa shape index (κ2) is 7.67. The molecule has 2 amide bonds. The number of rotatable bonds is 4. The molecule has 3 rings (SSSR count). The van der Waals surface area contributed by atoms with Crippen molar-refractivity contribution in [3.8, 4) is 0 Å². The minimum absolute atomic E-state index is 0.121. The molecule has 0 saturated carbocycles. The summed E-state index contributed by atoms with van der Waals surface area (Å²) < 4.78 is 5.15. The summed E-state index contributed by atoms with van der Waals surface area (Å²) in [5.41, 5.74) is 0.493. The van der Waals surface area contributed by atoms with Crippen molar-refractivity contribution < 1.29 is 14.0 Å². The van der Waals surface area contributed by atoms with E-state index in [2.05, 4.69) is 10.3 Å². The predicted octanol–water partition coefficient (Wildman–Crippen LogP) is 2.11. The minimum atomic E-state index is -0.336. The van der Waals surface area contributed by atoms with Gasteiger partial charge in [0.15, 0.2) is 10.9 Å². The zero-order chi connectivity index (χ0) is 17.8. The maximum Gasteiger partial charge on any atom is 0.289 e. The van der Waals surface area contributed by atoms with E-state index >= 15 is 0 Å². The summed E-state index contributed by atoms with van der Waals surface area (Å²) >= 11 is 5.97. The molecule has 1 aliphatic heterocycles. The third-order valence-electron chi connectivity index (χ3n) is 4.28. The van der Waals surface area contributed by atoms with Gasteiger partial charge in [-0.05, 0) is 31.2 Å². The highest BCUT2D eigenvalue weighted by Crippen LogP contribution is 2.18. The number of nitrogens with zero attached hydrogens (tertiary/aromatic N) is 3. The highest BCUT2D eigenvalue weighted by Gasteiger charge is 2.28. The molecule has 0 spiro atoms. The van der Waals surface area contributed by atoms with Crippen LogP contribution in [0.5, 0.6) is 0 Å². The van der Waals surface area contributed by atoms with Crippen LogP contribution in [0.1, 0.15) is 17.5 Å². The average molecular weight is 363 g/mol. The Labute approximate surface area is 150 Å². The predicted molar refractivity (Wildman–Crippen MR) is 93.5 cm³/mol. The van der Waals surface area contributed by atoms with Crippen LogP contribution in [0.15, 0.2) is 41.1 Å². The molecule has 2 aromatic rings. The van der Waals surface area contributed by atoms with Gasteiger partial charge in [0.25, 0.3) is 5.91 Å². The molecule has 0 radical (unpaired) electrons. The summed E-state index contributed by atoms with van der Waals surface area (Å²) in [6.07, 6.45) is 3.05. The molecular weight excluding hydrogens is 344 g/mol. The van der Waals surface area contributed by atoms with Crippen molar-refractivity contribution in [1.29, 1.82) is 0 Å². The lowest BCUT2D eigenvalue weighted by Crippen LogP contribution is -2.54. The van der Waals surface area contributed by atoms with E-state index in [1.807, 2.05) is 11.8 Å². The summed E-state index contributed by atoms with van der Waals surface area (Å²) in [5, 5.41) is 3.05. The maximum atomic E-state index is 12.4. The van der Waals surface area contributed by atoms with E-state index in [0.717, 1.165) is 0 Å². The molecule has 0 unspecified atom stereocenters. The molecule has 1 aliphatic rings. The van der Waals surface area contributed by atoms with Gasteiger partial charge >= 0.3 is 0 Å². The molecule has 1 N–H and O–H groups in total. The first-order valence-corrected chi connectivity index (χ1v) is 8.42. The summed E-state index contributed by atoms with van der Waals surface area (Å²) in [5.74, 6) is 0.0649. The Morgan fingerprint density at radius 3 is 2.64 bits per heavy atom. The normalized spacial score (nSPS) is 16.5. The molecule has 1 fully saturated rings. The summed E-state index contributed by atoms with van der Waals surface area (Å²) in [4.78, 5) is 32.4. The van der Waals surface area contributed by atoms with E-state index < -0.39 is 0 Å². The highest BCUT2D eigenvalue weighted by molar-refractivity contribution is 6.32. The molecule has 1 saturated heterocycles. The lowest BCUT2D eigenvalue weighted by Gasteiger charge is -2.37. The van der Waals surface area contributed by atoms with Gasteiger partial charge in [-0.25, -0.2) is 4.98 Å². The monoisotopic (exact) mass is 362 g/mol. The number of carbonyl (C=O) groups is 2. The van der Waals surface area contributed by atoms with Crippen LogP contribution < -0.4 is 5.32 Å². The number of hydrogen-bond donors (Lipinski definition) is 1. The number of aromatic nitrogens is 1. The quantitative estimate of drug-likeness (QED) is 0.843. The first-order valence-electron chi connectivity index (χ1n) is 8.04. The van der Waals surface area contributed by atoms with Crippen molar-refractivity contribution in [3.05, 3.63) is 47.6 Å². The van der Waals surface area contributed by atoms with Crippen LogP contribution in [0.4, 0.5) is 5.69 Å². The first-order chi connectivity index (χ1) is 12.1. The van der Waals surface area contributed by atoms with Crippen molar-refractivity contribution >= 4 is 29.1 Å². The topological polar surface area (TPSA) is 78.7 Å². The summed E-state index contributed by atoms with van der Waals surface area (Å²) in [6.45, 7) is 4.16. The molecule has 1 atom stereocenters. The lowest BCUT2D eigenvalue weighted by atomic mass is 10.2. The Morgan fingerprint density at radius 2 is 2.00 bits per heavy atom. The Morgan fingerprint density at radius 1 is 1.24 bits per heavy atom. The van der Waals surface area contributed by atoms with Crippen molar-refractivity contribution in [2.24, 2.45) is 0 Å². The van der Waals surface area contributed by atoms with Crippen LogP contribution >= 0.6 is 11.6 Å². The molecular formula is C17H19ClN4O3. The number of anilines is 1. The fourth-order valence-corrected chi connectivity index (χ4v) is 2.92. The maximum absolute atomic E-state index is 12.4. The molecule has 0 aliphatic carbocycles. The number of furan rings is 1. The van der Waals surface area contributed by atoms with Gasteiger partial charge < -0.3 is 14.6 Å². The lowest BCUT2D eigenvalue weighted by molar-refractivity contribution is -0.121. The van der Waals surface area contributed by atoms with Gasteiger partial charge in [0, 0.05) is 32.4 Å². The largest absolute Gasteiger partial charge is 0.459 e. The van der Waals surface area contributed by atoms with Crippen LogP contribution in [0.2, 0.25) is 5.15 Å². The Hall–Kier alpha value is -2.38. The number of amides is 2. The highest BCUT2D eigenvalue weighted by atomic mass is 35.5. The molecule has 0 bridgehead atoms. The van der Waals surface area contributed by atoms with Gasteiger partial charge in [0.1, 0.15) is 0 Å². The van der Waals surface area contributed by atoms with Crippen LogP contribution in [0.25, 0.3) is 0 Å². The summed E-state index contributed by atoms with van der Waals surface area (Å²) in [7, 11) is 0. The van der Waals surface area contributed by atoms with Crippen molar-refractivity contribution in [1.82, 2.24) is 14.8 Å². The summed E-state index contributed by atoms with van der Waals surface area (Å²) in [6, 6.07) is 6.43. The van der Waals surface area contributed by atoms with Gasteiger partial charge in [0.05, 0.1) is 18.0 Å². The Bertz CT molecular complexity index is 742. The molecule has 0 aromatic carbocycles. The number of halogens is 1. The second-order valence-corrected chi connectivity index (χ2v) is 6.17. The van der Waals surface area contributed by atoms with E-state index in [4.69, 9.17) is 16.0 Å². The standard InChI is InChI=1S/C17H19ClN4O3/c1-12(16(23)20-13-4-2-6-19-15(13)18)21-7-9-22(10-8-21)17(24)14-5-3-11-25-14/h2-6,11-12H,7-10H2,1H3,(H,20,23)/t12-/m1/s1. The van der Waals surface area contributed by atoms with Crippen LogP contribution in [-0.4, -0.2) is 58.8 Å². The van der Waals surface area contributed by atoms with Crippen LogP contribution in [0.3, 0.4) is 0 Å². The Balaban J connectivity index is 1.54. The fourth-order valence-electron chi connectivity index (χ4n) is 2.75. The van der Waals surface area contributed by atoms with E-state index in [0.29, 0.717) is 37.6 Å². The first kappa shape index (κ1) is 17.4. The van der Waals surface area contributed by atoms with Crippen molar-refractivity contribution in [3.63, 3.8) is 0 Å². The molecule has 132 valence electrons. The SMILES string of the molecule is C[C@H](C(=O)Nc1cccnc1Cl)N1CCN(C(=O)c2ccco2)CC1. The molecule has 3 heterocycles. The van der Waals surface area contributed by atoms with Gasteiger partial charge in [-0.2, -0.15) is 0 Å². The van der Waals surface area contributed by atoms with E-state index in [9.17, 15) is 9.59 Å². The molecule has 2 aromatic heterocycles. The zero-order valence-electron chi connectivity index (χ0n) is 13.8. The number of carbonyl (C=O) groups excluding carboxylic acids is 2. The second-order valence-electron chi connectivity index (χ2n) is 5.81. The minimum Gasteiger partial charge on any atom is -0.459 e. The van der Waals surface area contributed by atoms with E-state index in [1.54, 1.807) is 35.4 Å². The van der Waals surface area contributed by atoms with Gasteiger partial charge in [-0.15, -0.1) is 0 Å². The third-order valence-corrected chi connectivity index (χ3v) is 4.58. The smallest absolute Gasteiger partial charge is 0.289 e. The molecule has 7 nitrogen and oxygen atoms in total. The number of pyridine rings is 1. The van der Waals surface area contributed by atoms with Gasteiger partial charge in [-0.3, -0.25) is 14.5 Å². The van der Waals surface area contributed by atoms with E-state index in [-0.39, 0.29) is 23.0 Å². The molecule has 8 heteroatoms. The number of hydrogen-bond acceptors (Lipinski definition) is 5. The van der Waals surface area contributed by atoms with Gasteiger partial charge in [-0.1, -0.05) is 11.6 Å².